The highest BCUT2D eigenvalue weighted by atomic mass is 19.1. The molecule has 0 aromatic heterocycles. The largest absolute Gasteiger partial charge is 0.395 e. The van der Waals surface area contributed by atoms with E-state index in [0.29, 0.717) is 0 Å². The monoisotopic (exact) mass is 222 g/mol. The smallest absolute Gasteiger partial charge is 0.239 e. The molecule has 1 aliphatic heterocycles. The summed E-state index contributed by atoms with van der Waals surface area (Å²) in [7, 11) is 1.36. The van der Waals surface area contributed by atoms with E-state index in [9.17, 15) is 19.4 Å². The Bertz CT molecular complexity index is 239. The topological polar surface area (TPSA) is 102 Å². The number of carbonyl (C=O) groups is 1. The number of rotatable bonds is 2. The maximum absolute atomic E-state index is 13.3. The van der Waals surface area contributed by atoms with Crippen molar-refractivity contribution in [1.82, 2.24) is 10.6 Å². The quantitative estimate of drug-likeness (QED) is 0.345. The molecule has 0 bridgehead atoms. The van der Waals surface area contributed by atoms with Crippen LogP contribution >= 0.6 is 0 Å². The Labute approximate surface area is 86.1 Å². The van der Waals surface area contributed by atoms with Gasteiger partial charge in [0.1, 0.15) is 24.4 Å². The number of nitrogens with one attached hydrogen (secondary N) is 2. The molecule has 5 atom stereocenters. The van der Waals surface area contributed by atoms with Crippen molar-refractivity contribution in [3.8, 4) is 0 Å². The van der Waals surface area contributed by atoms with Crippen LogP contribution < -0.4 is 10.6 Å². The van der Waals surface area contributed by atoms with Gasteiger partial charge in [-0.05, 0) is 0 Å². The average molecular weight is 222 g/mol. The second kappa shape index (κ2) is 4.84. The van der Waals surface area contributed by atoms with Gasteiger partial charge in [-0.25, -0.2) is 4.39 Å². The van der Waals surface area contributed by atoms with Gasteiger partial charge in [-0.3, -0.25) is 10.1 Å². The van der Waals surface area contributed by atoms with Crippen LogP contribution in [0, 0.1) is 0 Å². The van der Waals surface area contributed by atoms with Crippen molar-refractivity contribution in [3.05, 3.63) is 0 Å². The summed E-state index contributed by atoms with van der Waals surface area (Å²) in [5.41, 5.74) is 0. The summed E-state index contributed by atoms with van der Waals surface area (Å²) in [4.78, 5) is 11.2. The van der Waals surface area contributed by atoms with E-state index in [4.69, 9.17) is 5.11 Å². The Morgan fingerprint density at radius 2 is 2.07 bits per heavy atom. The number of hydrogen-bond acceptors (Lipinski definition) is 5. The van der Waals surface area contributed by atoms with Crippen LogP contribution in [-0.2, 0) is 4.79 Å². The van der Waals surface area contributed by atoms with Crippen molar-refractivity contribution >= 4 is 5.91 Å². The molecule has 1 aliphatic rings. The summed E-state index contributed by atoms with van der Waals surface area (Å²) in [6, 6.07) is -2.17. The van der Waals surface area contributed by atoms with Gasteiger partial charge in [-0.2, -0.15) is 0 Å². The lowest BCUT2D eigenvalue weighted by Gasteiger charge is -2.38. The summed E-state index contributed by atoms with van der Waals surface area (Å²) in [5.74, 6) is -0.563. The summed E-state index contributed by atoms with van der Waals surface area (Å²) in [6.07, 6.45) is -5.00. The number of halogens is 1. The summed E-state index contributed by atoms with van der Waals surface area (Å²) in [5, 5.41) is 32.3. The highest BCUT2D eigenvalue weighted by Gasteiger charge is 2.45. The van der Waals surface area contributed by atoms with Crippen LogP contribution in [0.1, 0.15) is 0 Å². The minimum Gasteiger partial charge on any atom is -0.395 e. The zero-order valence-electron chi connectivity index (χ0n) is 8.22. The number of carbonyl (C=O) groups excluding carboxylic acids is 1. The van der Waals surface area contributed by atoms with E-state index in [1.807, 2.05) is 0 Å². The molecule has 6 nitrogen and oxygen atoms in total. The molecular weight excluding hydrogens is 207 g/mol. The Morgan fingerprint density at radius 3 is 2.53 bits per heavy atom. The van der Waals surface area contributed by atoms with Crippen LogP contribution in [0.2, 0.25) is 0 Å². The molecule has 88 valence electrons. The molecule has 1 fully saturated rings. The summed E-state index contributed by atoms with van der Waals surface area (Å²) >= 11 is 0. The summed E-state index contributed by atoms with van der Waals surface area (Å²) < 4.78 is 13.3. The number of aliphatic hydroxyl groups is 3. The Balaban J connectivity index is 2.78. The Hall–Kier alpha value is -0.760. The third-order valence-corrected chi connectivity index (χ3v) is 2.52. The molecule has 1 saturated heterocycles. The van der Waals surface area contributed by atoms with Gasteiger partial charge in [-0.15, -0.1) is 0 Å². The molecule has 0 aromatic carbocycles. The van der Waals surface area contributed by atoms with E-state index in [0.717, 1.165) is 0 Å². The first-order valence-corrected chi connectivity index (χ1v) is 4.61. The molecule has 0 radical (unpaired) electrons. The molecule has 1 amide bonds. The maximum Gasteiger partial charge on any atom is 0.239 e. The Morgan fingerprint density at radius 1 is 1.47 bits per heavy atom. The van der Waals surface area contributed by atoms with Crippen molar-refractivity contribution in [2.45, 2.75) is 30.5 Å². The van der Waals surface area contributed by atoms with Gasteiger partial charge < -0.3 is 20.6 Å². The molecule has 5 N–H and O–H groups in total. The first-order valence-electron chi connectivity index (χ1n) is 4.61. The van der Waals surface area contributed by atoms with E-state index in [1.54, 1.807) is 0 Å². The van der Waals surface area contributed by atoms with Crippen molar-refractivity contribution in [3.63, 3.8) is 0 Å². The predicted octanol–water partition coefficient (Wildman–Crippen LogP) is -2.87. The van der Waals surface area contributed by atoms with Crippen LogP contribution in [0.4, 0.5) is 4.39 Å². The van der Waals surface area contributed by atoms with E-state index in [1.165, 1.54) is 7.05 Å². The number of piperidine rings is 1. The van der Waals surface area contributed by atoms with E-state index in [-0.39, 0.29) is 0 Å². The molecule has 7 heteroatoms. The van der Waals surface area contributed by atoms with Gasteiger partial charge >= 0.3 is 0 Å². The zero-order valence-corrected chi connectivity index (χ0v) is 8.22. The van der Waals surface area contributed by atoms with Gasteiger partial charge in [0.15, 0.2) is 0 Å². The van der Waals surface area contributed by atoms with Gasteiger partial charge in [0.25, 0.3) is 0 Å². The molecule has 0 aliphatic carbocycles. The van der Waals surface area contributed by atoms with Gasteiger partial charge in [0.2, 0.25) is 5.91 Å². The number of likely N-dealkylation sites (N-methyl/N-ethyl adjacent to an activating group) is 1. The molecule has 1 rings (SSSR count). The highest BCUT2D eigenvalue weighted by molar-refractivity contribution is 5.82. The van der Waals surface area contributed by atoms with Gasteiger partial charge in [0, 0.05) is 7.05 Å². The first-order chi connectivity index (χ1) is 7.02. The van der Waals surface area contributed by atoms with Crippen LogP contribution in [0.5, 0.6) is 0 Å². The fraction of sp³-hybridized carbons (Fsp3) is 0.875. The number of alkyl halides is 1. The average Bonchev–Trinajstić information content (AvgIpc) is 2.25. The maximum atomic E-state index is 13.3. The lowest BCUT2D eigenvalue weighted by molar-refractivity contribution is -0.137. The number of aliphatic hydroxyl groups excluding tert-OH is 3. The van der Waals surface area contributed by atoms with Crippen molar-refractivity contribution < 1.29 is 24.5 Å². The summed E-state index contributed by atoms with van der Waals surface area (Å²) in [6.45, 7) is -0.557. The fourth-order valence-corrected chi connectivity index (χ4v) is 1.58. The standard InChI is InChI=1S/C8H15FN2O4/c1-10-8(15)5-7(14)6(13)4(9)3(2-12)11-5/h3-7,11-14H,2H2,1H3,(H,10,15)/t3-,4+,5+,6+,7-/m1/s1. The van der Waals surface area contributed by atoms with Crippen LogP contribution in [0.15, 0.2) is 0 Å². The minimum atomic E-state index is -1.80. The third-order valence-electron chi connectivity index (χ3n) is 2.52. The van der Waals surface area contributed by atoms with E-state index >= 15 is 0 Å². The minimum absolute atomic E-state index is 0.557. The molecule has 0 saturated carbocycles. The first kappa shape index (κ1) is 12.3. The molecule has 1 heterocycles. The van der Waals surface area contributed by atoms with Crippen molar-refractivity contribution in [1.29, 1.82) is 0 Å². The van der Waals surface area contributed by atoms with Gasteiger partial charge in [0.05, 0.1) is 12.6 Å². The Kier molecular flexibility index (Phi) is 3.97. The molecule has 0 spiro atoms. The SMILES string of the molecule is CNC(=O)[C@H]1N[C@H](CO)[C@H](F)[C@H](O)[C@@H]1O. The van der Waals surface area contributed by atoms with Crippen molar-refractivity contribution in [2.24, 2.45) is 0 Å². The van der Waals surface area contributed by atoms with Crippen LogP contribution in [0.25, 0.3) is 0 Å². The zero-order chi connectivity index (χ0) is 11.6. The predicted molar refractivity (Wildman–Crippen MR) is 48.8 cm³/mol. The highest BCUT2D eigenvalue weighted by Crippen LogP contribution is 2.18. The fourth-order valence-electron chi connectivity index (χ4n) is 1.58. The number of hydrogen-bond donors (Lipinski definition) is 5. The lowest BCUT2D eigenvalue weighted by Crippen LogP contribution is -2.68. The van der Waals surface area contributed by atoms with E-state index in [2.05, 4.69) is 10.6 Å². The second-order valence-corrected chi connectivity index (χ2v) is 3.47. The molecule has 0 unspecified atom stereocenters. The van der Waals surface area contributed by atoms with E-state index < -0.39 is 43.0 Å². The molecular formula is C8H15FN2O4. The van der Waals surface area contributed by atoms with Crippen molar-refractivity contribution in [2.75, 3.05) is 13.7 Å². The lowest BCUT2D eigenvalue weighted by atomic mass is 9.91. The number of amides is 1. The van der Waals surface area contributed by atoms with Gasteiger partial charge in [-0.1, -0.05) is 0 Å². The molecule has 0 aromatic rings. The molecule has 15 heavy (non-hydrogen) atoms. The normalized spacial score (nSPS) is 41.3. The van der Waals surface area contributed by atoms with Crippen LogP contribution in [-0.4, -0.2) is 65.3 Å². The van der Waals surface area contributed by atoms with Crippen LogP contribution in [0.3, 0.4) is 0 Å². The third kappa shape index (κ3) is 2.25. The second-order valence-electron chi connectivity index (χ2n) is 3.47.